The summed E-state index contributed by atoms with van der Waals surface area (Å²) in [6.07, 6.45) is 0. The minimum atomic E-state index is -0.562. The van der Waals surface area contributed by atoms with Crippen molar-refractivity contribution in [2.45, 2.75) is 13.8 Å². The van der Waals surface area contributed by atoms with Crippen LogP contribution in [0, 0.1) is 35.6 Å². The van der Waals surface area contributed by atoms with E-state index in [2.05, 4.69) is 4.74 Å². The summed E-state index contributed by atoms with van der Waals surface area (Å²) in [4.78, 5) is 19.6. The number of carbonyl (C=O) groups excluding carboxylic acids is 2. The van der Waals surface area contributed by atoms with Gasteiger partial charge in [-0.25, -0.2) is 0 Å². The Morgan fingerprint density at radius 3 is 1.44 bits per heavy atom. The molecule has 0 heterocycles. The minimum Gasteiger partial charge on any atom is -1.00 e. The minimum absolute atomic E-state index is 0. The van der Waals surface area contributed by atoms with Crippen LogP contribution >= 0.6 is 0 Å². The Kier molecular flexibility index (Phi) is 16.4. The summed E-state index contributed by atoms with van der Waals surface area (Å²) in [7, 11) is 0. The third-order valence-electron chi connectivity index (χ3n) is 0.287. The van der Waals surface area contributed by atoms with Crippen molar-refractivity contribution in [1.29, 1.82) is 0 Å². The Balaban J connectivity index is -0.0000000600. The fraction of sp³-hybridized carbons (Fsp3) is 0.500. The monoisotopic (exact) mass is 249 g/mol. The molecule has 1 radical (unpaired) electrons. The molecule has 0 rings (SSSR count). The molecule has 0 aliphatic heterocycles. The summed E-state index contributed by atoms with van der Waals surface area (Å²) in [5.41, 5.74) is 0. The predicted octanol–water partition coefficient (Wildman–Crippen LogP) is -2.79. The van der Waals surface area contributed by atoms with Crippen molar-refractivity contribution in [2.75, 3.05) is 0 Å². The van der Waals surface area contributed by atoms with Gasteiger partial charge in [-0.15, -0.1) is 0 Å². The van der Waals surface area contributed by atoms with Gasteiger partial charge in [0.15, 0.2) is 0 Å². The molecule has 0 bridgehead atoms. The molecular weight excluding hydrogens is 242 g/mol. The predicted molar refractivity (Wildman–Crippen MR) is 23.6 cm³/mol. The molecule has 0 spiro atoms. The molecule has 0 fully saturated rings. The molecule has 0 aliphatic rings. The van der Waals surface area contributed by atoms with Gasteiger partial charge in [-0.3, -0.25) is 9.59 Å². The first kappa shape index (κ1) is 16.5. The van der Waals surface area contributed by atoms with E-state index in [0.717, 1.165) is 0 Å². The van der Waals surface area contributed by atoms with Crippen LogP contribution in [0.3, 0.4) is 0 Å². The third-order valence-corrected chi connectivity index (χ3v) is 0.287. The molecule has 0 aliphatic carbocycles. The van der Waals surface area contributed by atoms with Gasteiger partial charge in [0.1, 0.15) is 0 Å². The van der Waals surface area contributed by atoms with Crippen molar-refractivity contribution < 1.29 is 70.2 Å². The second kappa shape index (κ2) is 8.93. The molecular formula is C4H7LaLiO3. The van der Waals surface area contributed by atoms with E-state index in [9.17, 15) is 9.59 Å². The summed E-state index contributed by atoms with van der Waals surface area (Å²) < 4.78 is 3.97. The van der Waals surface area contributed by atoms with Crippen molar-refractivity contribution in [2.24, 2.45) is 0 Å². The molecule has 0 aromatic rings. The number of esters is 2. The molecule has 0 amide bonds. The Labute approximate surface area is 95.2 Å². The Hall–Kier alpha value is 0.932. The van der Waals surface area contributed by atoms with Crippen molar-refractivity contribution >= 4 is 11.9 Å². The maximum Gasteiger partial charge on any atom is 1.00 e. The summed E-state index contributed by atoms with van der Waals surface area (Å²) in [6, 6.07) is 0. The second-order valence-corrected chi connectivity index (χ2v) is 1.09. The molecule has 9 heavy (non-hydrogen) atoms. The molecule has 0 N–H and O–H groups in total. The van der Waals surface area contributed by atoms with Crippen LogP contribution in [0.2, 0.25) is 0 Å². The van der Waals surface area contributed by atoms with E-state index in [1.165, 1.54) is 13.8 Å². The first-order valence-electron chi connectivity index (χ1n) is 1.82. The van der Waals surface area contributed by atoms with Gasteiger partial charge in [-0.1, -0.05) is 0 Å². The Morgan fingerprint density at radius 1 is 1.22 bits per heavy atom. The van der Waals surface area contributed by atoms with Crippen molar-refractivity contribution in [3.8, 4) is 0 Å². The SMILES string of the molecule is CC(=O)OC(C)=O.[H-].[La].[Li+]. The molecule has 0 saturated carbocycles. The summed E-state index contributed by atoms with van der Waals surface area (Å²) in [5, 5.41) is 0. The van der Waals surface area contributed by atoms with E-state index < -0.39 is 11.9 Å². The Morgan fingerprint density at radius 2 is 1.44 bits per heavy atom. The average molecular weight is 249 g/mol. The van der Waals surface area contributed by atoms with Crippen molar-refractivity contribution in [3.05, 3.63) is 0 Å². The number of ether oxygens (including phenoxy) is 1. The van der Waals surface area contributed by atoms with Gasteiger partial charge in [0, 0.05) is 49.4 Å². The summed E-state index contributed by atoms with van der Waals surface area (Å²) in [5.74, 6) is -1.12. The van der Waals surface area contributed by atoms with Gasteiger partial charge in [-0.05, 0) is 0 Å². The van der Waals surface area contributed by atoms with Crippen LogP contribution in [0.1, 0.15) is 15.3 Å². The molecule has 0 atom stereocenters. The molecule has 5 heteroatoms. The zero-order valence-electron chi connectivity index (χ0n) is 6.80. The first-order valence-corrected chi connectivity index (χ1v) is 1.82. The van der Waals surface area contributed by atoms with Gasteiger partial charge in [0.2, 0.25) is 0 Å². The average Bonchev–Trinajstić information content (AvgIpc) is 1.27. The molecule has 0 saturated heterocycles. The molecule has 3 nitrogen and oxygen atoms in total. The van der Waals surface area contributed by atoms with E-state index in [1.807, 2.05) is 0 Å². The molecule has 0 aromatic carbocycles. The van der Waals surface area contributed by atoms with Crippen molar-refractivity contribution in [3.63, 3.8) is 0 Å². The number of carbonyl (C=O) groups is 2. The van der Waals surface area contributed by atoms with Gasteiger partial charge >= 0.3 is 30.8 Å². The largest absolute Gasteiger partial charge is 1.00 e. The van der Waals surface area contributed by atoms with E-state index in [0.29, 0.717) is 0 Å². The number of rotatable bonds is 0. The van der Waals surface area contributed by atoms with Gasteiger partial charge < -0.3 is 6.16 Å². The fourth-order valence-electron chi connectivity index (χ4n) is 0.202. The maximum atomic E-state index is 9.81. The van der Waals surface area contributed by atoms with Crippen LogP contribution in [0.4, 0.5) is 0 Å². The standard InChI is InChI=1S/C4H6O3.La.Li.H/c1-3(5)7-4(2)6;;;/h1-2H3;;;/q;;+1;-1. The van der Waals surface area contributed by atoms with Gasteiger partial charge in [-0.2, -0.15) is 0 Å². The van der Waals surface area contributed by atoms with E-state index >= 15 is 0 Å². The van der Waals surface area contributed by atoms with Crippen LogP contribution in [-0.2, 0) is 14.3 Å². The van der Waals surface area contributed by atoms with Gasteiger partial charge in [0.25, 0.3) is 0 Å². The van der Waals surface area contributed by atoms with Crippen LogP contribution in [0.15, 0.2) is 0 Å². The van der Waals surface area contributed by atoms with Gasteiger partial charge in [0.05, 0.1) is 0 Å². The topological polar surface area (TPSA) is 43.4 Å². The van der Waals surface area contributed by atoms with Crippen LogP contribution in [0.5, 0.6) is 0 Å². The summed E-state index contributed by atoms with van der Waals surface area (Å²) >= 11 is 0. The van der Waals surface area contributed by atoms with Crippen LogP contribution in [-0.4, -0.2) is 11.9 Å². The first-order chi connectivity index (χ1) is 3.13. The van der Waals surface area contributed by atoms with E-state index in [-0.39, 0.29) is 55.9 Å². The third kappa shape index (κ3) is 17.6. The molecule has 45 valence electrons. The molecule has 0 aromatic heterocycles. The smallest absolute Gasteiger partial charge is 1.00 e. The van der Waals surface area contributed by atoms with Crippen LogP contribution < -0.4 is 18.9 Å². The normalized spacial score (nSPS) is 6.00. The second-order valence-electron chi connectivity index (χ2n) is 1.09. The van der Waals surface area contributed by atoms with E-state index in [4.69, 9.17) is 0 Å². The Bertz CT molecular complexity index is 96.7. The van der Waals surface area contributed by atoms with Crippen molar-refractivity contribution in [1.82, 2.24) is 0 Å². The van der Waals surface area contributed by atoms with Crippen LogP contribution in [0.25, 0.3) is 0 Å². The maximum absolute atomic E-state index is 9.81. The zero-order chi connectivity index (χ0) is 5.86. The molecule has 0 unspecified atom stereocenters. The quantitative estimate of drug-likeness (QED) is 0.265. The fourth-order valence-corrected chi connectivity index (χ4v) is 0.202. The number of hydrogen-bond acceptors (Lipinski definition) is 3. The zero-order valence-corrected chi connectivity index (χ0v) is 9.43. The number of hydrogen-bond donors (Lipinski definition) is 0. The van der Waals surface area contributed by atoms with E-state index in [1.54, 1.807) is 0 Å². The summed E-state index contributed by atoms with van der Waals surface area (Å²) in [6.45, 7) is 2.36.